The van der Waals surface area contributed by atoms with E-state index in [-0.39, 0.29) is 46.7 Å². The van der Waals surface area contributed by atoms with Crippen molar-refractivity contribution in [2.24, 2.45) is 29.1 Å². The van der Waals surface area contributed by atoms with Crippen LogP contribution in [0.1, 0.15) is 30.1 Å². The Hall–Kier alpha value is -2.43. The molecule has 1 spiro atoms. The number of Topliss-reactive ketones (excluding diaryl/α,β-unsaturated/α-hetero) is 1. The summed E-state index contributed by atoms with van der Waals surface area (Å²) in [6.07, 6.45) is 6.53. The third kappa shape index (κ3) is 1.66. The lowest BCUT2D eigenvalue weighted by atomic mass is 9.85. The number of methoxy groups -OCH3 is 1. The summed E-state index contributed by atoms with van der Waals surface area (Å²) in [5.41, 5.74) is 1.04. The summed E-state index contributed by atoms with van der Waals surface area (Å²) in [7, 11) is 1.50. The molecule has 1 heterocycles. The molecule has 1 aliphatic heterocycles. The summed E-state index contributed by atoms with van der Waals surface area (Å²) in [4.78, 5) is 39.4. The summed E-state index contributed by atoms with van der Waals surface area (Å²) < 4.78 is 5.36. The number of carbonyl (C=O) groups excluding carboxylic acids is 3. The lowest BCUT2D eigenvalue weighted by Gasteiger charge is -2.23. The minimum absolute atomic E-state index is 0.109. The van der Waals surface area contributed by atoms with Gasteiger partial charge >= 0.3 is 0 Å². The zero-order chi connectivity index (χ0) is 17.5. The second-order valence-corrected chi connectivity index (χ2v) is 7.68. The van der Waals surface area contributed by atoms with Gasteiger partial charge in [-0.15, -0.1) is 0 Å². The van der Waals surface area contributed by atoms with Crippen LogP contribution in [0.4, 0.5) is 5.69 Å². The monoisotopic (exact) mass is 337 g/mol. The Kier molecular flexibility index (Phi) is 2.73. The van der Waals surface area contributed by atoms with Crippen LogP contribution in [0.3, 0.4) is 0 Å². The van der Waals surface area contributed by atoms with Gasteiger partial charge in [0, 0.05) is 5.56 Å². The number of nitrogens with zero attached hydrogens (tertiary/aromatic N) is 1. The predicted molar refractivity (Wildman–Crippen MR) is 90.3 cm³/mol. The minimum Gasteiger partial charge on any atom is -0.495 e. The van der Waals surface area contributed by atoms with E-state index in [2.05, 4.69) is 12.2 Å². The molecule has 0 aromatic heterocycles. The van der Waals surface area contributed by atoms with E-state index in [0.717, 1.165) is 12.8 Å². The molecule has 1 aromatic carbocycles. The molecule has 0 radical (unpaired) electrons. The van der Waals surface area contributed by atoms with E-state index < -0.39 is 0 Å². The van der Waals surface area contributed by atoms with E-state index in [0.29, 0.717) is 17.0 Å². The van der Waals surface area contributed by atoms with E-state index in [1.165, 1.54) is 18.9 Å². The highest BCUT2D eigenvalue weighted by molar-refractivity contribution is 6.24. The van der Waals surface area contributed by atoms with Crippen LogP contribution in [0.15, 0.2) is 30.4 Å². The van der Waals surface area contributed by atoms with Crippen LogP contribution in [0, 0.1) is 29.1 Å². The zero-order valence-electron chi connectivity index (χ0n) is 14.2. The van der Waals surface area contributed by atoms with E-state index in [1.54, 1.807) is 18.2 Å². The number of rotatable bonds is 3. The Labute approximate surface area is 145 Å². The average Bonchev–Trinajstić information content (AvgIpc) is 3.19. The third-order valence-corrected chi connectivity index (χ3v) is 6.68. The fraction of sp³-hybridized carbons (Fsp3) is 0.450. The van der Waals surface area contributed by atoms with Crippen LogP contribution in [0.5, 0.6) is 5.75 Å². The largest absolute Gasteiger partial charge is 0.495 e. The Balaban J connectivity index is 1.59. The second kappa shape index (κ2) is 4.59. The first kappa shape index (κ1) is 14.9. The molecule has 4 aliphatic rings. The predicted octanol–water partition coefficient (Wildman–Crippen LogP) is 2.60. The molecule has 0 unspecified atom stereocenters. The molecular formula is C20H19NO4. The van der Waals surface area contributed by atoms with Crippen LogP contribution in [-0.4, -0.2) is 24.7 Å². The highest BCUT2D eigenvalue weighted by atomic mass is 16.5. The first-order valence-electron chi connectivity index (χ1n) is 8.75. The lowest BCUT2D eigenvalue weighted by Crippen LogP contribution is -2.35. The summed E-state index contributed by atoms with van der Waals surface area (Å²) in [5, 5.41) is 0. The maximum Gasteiger partial charge on any atom is 0.238 e. The molecule has 5 heteroatoms. The number of fused-ring (bicyclic) bond motifs is 3. The van der Waals surface area contributed by atoms with Crippen molar-refractivity contribution in [3.05, 3.63) is 35.9 Å². The molecule has 2 bridgehead atoms. The van der Waals surface area contributed by atoms with Crippen LogP contribution in [0.25, 0.3) is 0 Å². The van der Waals surface area contributed by atoms with Crippen molar-refractivity contribution < 1.29 is 19.1 Å². The number of benzene rings is 1. The molecule has 0 N–H and O–H groups in total. The van der Waals surface area contributed by atoms with Crippen molar-refractivity contribution in [1.82, 2.24) is 0 Å². The molecule has 128 valence electrons. The van der Waals surface area contributed by atoms with Gasteiger partial charge in [-0.1, -0.05) is 12.2 Å². The van der Waals surface area contributed by atoms with Crippen molar-refractivity contribution in [1.29, 1.82) is 0 Å². The minimum atomic E-state index is -0.254. The molecule has 5 rings (SSSR count). The molecule has 4 atom stereocenters. The third-order valence-electron chi connectivity index (χ3n) is 6.68. The molecular weight excluding hydrogens is 318 g/mol. The quantitative estimate of drug-likeness (QED) is 0.483. The summed E-state index contributed by atoms with van der Waals surface area (Å²) in [5.74, 6) is -0.0903. The number of imide groups is 1. The van der Waals surface area contributed by atoms with Crippen LogP contribution >= 0.6 is 0 Å². The fourth-order valence-electron chi connectivity index (χ4n) is 5.40. The topological polar surface area (TPSA) is 63.7 Å². The van der Waals surface area contributed by atoms with Gasteiger partial charge in [-0.25, -0.2) is 4.90 Å². The number of allylic oxidation sites excluding steroid dienone is 2. The molecule has 25 heavy (non-hydrogen) atoms. The fourth-order valence-corrected chi connectivity index (χ4v) is 5.40. The normalized spacial score (nSPS) is 33.3. The summed E-state index contributed by atoms with van der Waals surface area (Å²) in [6, 6.07) is 4.90. The van der Waals surface area contributed by atoms with Crippen LogP contribution in [0.2, 0.25) is 0 Å². The van der Waals surface area contributed by atoms with E-state index >= 15 is 0 Å². The number of amides is 2. The molecule has 1 saturated heterocycles. The number of hydrogen-bond acceptors (Lipinski definition) is 4. The molecule has 2 saturated carbocycles. The second-order valence-electron chi connectivity index (χ2n) is 7.68. The van der Waals surface area contributed by atoms with Gasteiger partial charge in [-0.2, -0.15) is 0 Å². The SMILES string of the molecule is COc1ccc(C(C)=O)cc1N1C(=O)[C@@H]2[C@H](C1=O)[C@H]1C=C[C@H]2C12CC2. The highest BCUT2D eigenvalue weighted by Gasteiger charge is 2.73. The maximum absolute atomic E-state index is 13.2. The smallest absolute Gasteiger partial charge is 0.238 e. The van der Waals surface area contributed by atoms with Gasteiger partial charge in [-0.3, -0.25) is 14.4 Å². The number of carbonyl (C=O) groups is 3. The van der Waals surface area contributed by atoms with Crippen molar-refractivity contribution in [3.8, 4) is 5.75 Å². The molecule has 3 aliphatic carbocycles. The number of ether oxygens (including phenoxy) is 1. The van der Waals surface area contributed by atoms with E-state index in [4.69, 9.17) is 4.74 Å². The maximum atomic E-state index is 13.2. The zero-order valence-corrected chi connectivity index (χ0v) is 14.2. The van der Waals surface area contributed by atoms with E-state index in [9.17, 15) is 14.4 Å². The number of hydrogen-bond donors (Lipinski definition) is 0. The van der Waals surface area contributed by atoms with Gasteiger partial charge in [0.1, 0.15) is 5.75 Å². The van der Waals surface area contributed by atoms with Crippen molar-refractivity contribution >= 4 is 23.3 Å². The number of anilines is 1. The number of ketones is 1. The van der Waals surface area contributed by atoms with Gasteiger partial charge < -0.3 is 4.74 Å². The Morgan fingerprint density at radius 1 is 1.12 bits per heavy atom. The first-order chi connectivity index (χ1) is 12.0. The first-order valence-corrected chi connectivity index (χ1v) is 8.75. The molecule has 5 nitrogen and oxygen atoms in total. The Bertz CT molecular complexity index is 832. The van der Waals surface area contributed by atoms with Crippen molar-refractivity contribution in [2.45, 2.75) is 19.8 Å². The standard InChI is InChI=1S/C20H19NO4/c1-10(22)11-3-6-15(25-2)14(9-11)21-18(23)16-12-4-5-13(17(16)19(21)24)20(12)7-8-20/h3-6,9,12-13,16-17H,7-8H2,1-2H3/t12-,13-,16-,17+/m1/s1. The van der Waals surface area contributed by atoms with Gasteiger partial charge in [0.05, 0.1) is 24.6 Å². The van der Waals surface area contributed by atoms with Gasteiger partial charge in [-0.05, 0) is 55.2 Å². The van der Waals surface area contributed by atoms with Crippen LogP contribution < -0.4 is 9.64 Å². The lowest BCUT2D eigenvalue weighted by molar-refractivity contribution is -0.123. The molecule has 3 fully saturated rings. The molecule has 2 amide bonds. The average molecular weight is 337 g/mol. The molecule has 1 aromatic rings. The van der Waals surface area contributed by atoms with Gasteiger partial charge in [0.25, 0.3) is 0 Å². The van der Waals surface area contributed by atoms with Gasteiger partial charge in [0.2, 0.25) is 11.8 Å². The van der Waals surface area contributed by atoms with E-state index in [1.807, 2.05) is 0 Å². The Morgan fingerprint density at radius 2 is 1.72 bits per heavy atom. The Morgan fingerprint density at radius 3 is 2.20 bits per heavy atom. The summed E-state index contributed by atoms with van der Waals surface area (Å²) >= 11 is 0. The van der Waals surface area contributed by atoms with Crippen molar-refractivity contribution in [2.75, 3.05) is 12.0 Å². The van der Waals surface area contributed by atoms with Crippen molar-refractivity contribution in [3.63, 3.8) is 0 Å². The summed E-state index contributed by atoms with van der Waals surface area (Å²) in [6.45, 7) is 1.47. The van der Waals surface area contributed by atoms with Crippen LogP contribution in [-0.2, 0) is 9.59 Å². The highest BCUT2D eigenvalue weighted by Crippen LogP contribution is 2.73. The van der Waals surface area contributed by atoms with Gasteiger partial charge in [0.15, 0.2) is 5.78 Å².